The molecule has 2 aliphatic rings. The second-order valence-electron chi connectivity index (χ2n) is 3.73. The summed E-state index contributed by atoms with van der Waals surface area (Å²) in [6, 6.07) is 0. The van der Waals surface area contributed by atoms with E-state index in [9.17, 15) is 0 Å². The second-order valence-corrected chi connectivity index (χ2v) is 5.41. The highest BCUT2D eigenvalue weighted by molar-refractivity contribution is 8.00. The Kier molecular flexibility index (Phi) is 1.94. The van der Waals surface area contributed by atoms with Crippen LogP contribution in [0.1, 0.15) is 39.0 Å². The van der Waals surface area contributed by atoms with Gasteiger partial charge in [-0.1, -0.05) is 13.3 Å². The first-order valence-corrected chi connectivity index (χ1v) is 5.46. The van der Waals surface area contributed by atoms with Crippen molar-refractivity contribution in [2.45, 2.75) is 49.5 Å². The average molecular weight is 156 g/mol. The molecule has 0 N–H and O–H groups in total. The molecular formula is C9H16S. The minimum absolute atomic E-state index is 0.977. The highest BCUT2D eigenvalue weighted by Crippen LogP contribution is 2.43. The van der Waals surface area contributed by atoms with E-state index >= 15 is 0 Å². The molecule has 0 saturated heterocycles. The van der Waals surface area contributed by atoms with E-state index in [1.54, 1.807) is 0 Å². The van der Waals surface area contributed by atoms with Gasteiger partial charge in [0.2, 0.25) is 0 Å². The topological polar surface area (TPSA) is 0 Å². The summed E-state index contributed by atoms with van der Waals surface area (Å²) in [6.45, 7) is 2.42. The zero-order chi connectivity index (χ0) is 6.97. The van der Waals surface area contributed by atoms with Crippen molar-refractivity contribution < 1.29 is 0 Å². The maximum Gasteiger partial charge on any atom is 0.00498 e. The molecule has 0 nitrogen and oxygen atoms in total. The molecule has 2 aliphatic carbocycles. The Morgan fingerprint density at radius 2 is 1.90 bits per heavy atom. The third-order valence-corrected chi connectivity index (χ3v) is 4.42. The lowest BCUT2D eigenvalue weighted by Crippen LogP contribution is -2.17. The Balaban J connectivity index is 1.67. The van der Waals surface area contributed by atoms with Crippen LogP contribution >= 0.6 is 11.8 Å². The number of rotatable bonds is 3. The minimum Gasteiger partial charge on any atom is -0.155 e. The molecule has 0 aromatic carbocycles. The largest absolute Gasteiger partial charge is 0.155 e. The number of thioether (sulfide) groups is 1. The third kappa shape index (κ3) is 1.50. The summed E-state index contributed by atoms with van der Waals surface area (Å²) in [5, 5.41) is 2.03. The quantitative estimate of drug-likeness (QED) is 0.605. The molecule has 0 amide bonds. The molecule has 1 unspecified atom stereocenters. The fraction of sp³-hybridized carbons (Fsp3) is 1.00. The average Bonchev–Trinajstić information content (AvgIpc) is 2.58. The van der Waals surface area contributed by atoms with Gasteiger partial charge in [-0.2, -0.15) is 11.8 Å². The minimum atomic E-state index is 0.977. The predicted molar refractivity (Wildman–Crippen MR) is 47.4 cm³/mol. The lowest BCUT2D eigenvalue weighted by Gasteiger charge is -2.27. The Hall–Kier alpha value is 0.350. The van der Waals surface area contributed by atoms with Gasteiger partial charge in [-0.3, -0.25) is 0 Å². The van der Waals surface area contributed by atoms with E-state index in [-0.39, 0.29) is 0 Å². The van der Waals surface area contributed by atoms with Gasteiger partial charge in [0, 0.05) is 10.5 Å². The van der Waals surface area contributed by atoms with E-state index in [4.69, 9.17) is 0 Å². The fourth-order valence-corrected chi connectivity index (χ4v) is 3.19. The first kappa shape index (κ1) is 7.02. The van der Waals surface area contributed by atoms with Crippen LogP contribution in [-0.2, 0) is 0 Å². The molecule has 0 heterocycles. The molecule has 1 heteroatoms. The van der Waals surface area contributed by atoms with E-state index in [2.05, 4.69) is 18.7 Å². The maximum absolute atomic E-state index is 2.42. The fourth-order valence-electron chi connectivity index (χ4n) is 1.49. The van der Waals surface area contributed by atoms with Crippen LogP contribution in [0.15, 0.2) is 0 Å². The molecule has 58 valence electrons. The molecule has 0 aromatic rings. The van der Waals surface area contributed by atoms with Gasteiger partial charge in [-0.15, -0.1) is 0 Å². The van der Waals surface area contributed by atoms with E-state index in [1.165, 1.54) is 32.1 Å². The standard InChI is InChI=1S/C9H16S/c1-7(8-5-6-8)10-9-3-2-4-9/h7-9H,2-6H2,1H3. The molecule has 10 heavy (non-hydrogen) atoms. The Labute approximate surface area is 67.8 Å². The van der Waals surface area contributed by atoms with Gasteiger partial charge in [0.25, 0.3) is 0 Å². The third-order valence-electron chi connectivity index (χ3n) is 2.75. The first-order chi connectivity index (χ1) is 4.86. The van der Waals surface area contributed by atoms with Crippen LogP contribution in [-0.4, -0.2) is 10.5 Å². The summed E-state index contributed by atoms with van der Waals surface area (Å²) in [6.07, 6.45) is 7.53. The summed E-state index contributed by atoms with van der Waals surface area (Å²) in [7, 11) is 0. The van der Waals surface area contributed by atoms with Gasteiger partial charge >= 0.3 is 0 Å². The van der Waals surface area contributed by atoms with Gasteiger partial charge in [0.1, 0.15) is 0 Å². The summed E-state index contributed by atoms with van der Waals surface area (Å²) in [5.41, 5.74) is 0. The lowest BCUT2D eigenvalue weighted by molar-refractivity contribution is 0.519. The van der Waals surface area contributed by atoms with Crippen LogP contribution in [0.2, 0.25) is 0 Å². The van der Waals surface area contributed by atoms with Gasteiger partial charge in [-0.25, -0.2) is 0 Å². The summed E-state index contributed by atoms with van der Waals surface area (Å²) in [5.74, 6) is 1.10. The zero-order valence-corrected chi connectivity index (χ0v) is 7.49. The predicted octanol–water partition coefficient (Wildman–Crippen LogP) is 3.07. The van der Waals surface area contributed by atoms with Crippen LogP contribution in [0, 0.1) is 5.92 Å². The molecular weight excluding hydrogens is 140 g/mol. The summed E-state index contributed by atoms with van der Waals surface area (Å²) in [4.78, 5) is 0. The second kappa shape index (κ2) is 2.77. The lowest BCUT2D eigenvalue weighted by atomic mass is 10.00. The monoisotopic (exact) mass is 156 g/mol. The van der Waals surface area contributed by atoms with Crippen LogP contribution in [0.4, 0.5) is 0 Å². The van der Waals surface area contributed by atoms with Crippen molar-refractivity contribution in [1.29, 1.82) is 0 Å². The van der Waals surface area contributed by atoms with Crippen LogP contribution in [0.25, 0.3) is 0 Å². The van der Waals surface area contributed by atoms with Crippen molar-refractivity contribution in [2.75, 3.05) is 0 Å². The van der Waals surface area contributed by atoms with Gasteiger partial charge in [0.15, 0.2) is 0 Å². The molecule has 1 atom stereocenters. The van der Waals surface area contributed by atoms with E-state index in [1.807, 2.05) is 0 Å². The van der Waals surface area contributed by atoms with Gasteiger partial charge < -0.3 is 0 Å². The van der Waals surface area contributed by atoms with Gasteiger partial charge in [0.05, 0.1) is 0 Å². The van der Waals surface area contributed by atoms with E-state index in [0.717, 1.165) is 16.4 Å². The van der Waals surface area contributed by atoms with Crippen molar-refractivity contribution in [3.8, 4) is 0 Å². The van der Waals surface area contributed by atoms with Gasteiger partial charge in [-0.05, 0) is 31.6 Å². The van der Waals surface area contributed by atoms with Crippen molar-refractivity contribution in [3.63, 3.8) is 0 Å². The Morgan fingerprint density at radius 1 is 1.20 bits per heavy atom. The molecule has 0 bridgehead atoms. The molecule has 0 aliphatic heterocycles. The van der Waals surface area contributed by atoms with Crippen molar-refractivity contribution in [1.82, 2.24) is 0 Å². The molecule has 0 radical (unpaired) electrons. The van der Waals surface area contributed by atoms with Crippen molar-refractivity contribution in [3.05, 3.63) is 0 Å². The number of hydrogen-bond acceptors (Lipinski definition) is 1. The normalized spacial score (nSPS) is 29.7. The van der Waals surface area contributed by atoms with Crippen LogP contribution < -0.4 is 0 Å². The zero-order valence-electron chi connectivity index (χ0n) is 6.68. The first-order valence-electron chi connectivity index (χ1n) is 4.52. The van der Waals surface area contributed by atoms with Crippen LogP contribution in [0.3, 0.4) is 0 Å². The molecule has 0 aromatic heterocycles. The maximum atomic E-state index is 2.42. The smallest absolute Gasteiger partial charge is 0.00498 e. The molecule has 2 fully saturated rings. The summed E-state index contributed by atoms with van der Waals surface area (Å²) >= 11 is 2.26. The van der Waals surface area contributed by atoms with E-state index < -0.39 is 0 Å². The molecule has 2 saturated carbocycles. The molecule has 2 rings (SSSR count). The highest BCUT2D eigenvalue weighted by Gasteiger charge is 2.31. The summed E-state index contributed by atoms with van der Waals surface area (Å²) < 4.78 is 0. The van der Waals surface area contributed by atoms with Crippen LogP contribution in [0.5, 0.6) is 0 Å². The Bertz CT molecular complexity index is 114. The van der Waals surface area contributed by atoms with Crippen molar-refractivity contribution in [2.24, 2.45) is 5.92 Å². The highest BCUT2D eigenvalue weighted by atomic mass is 32.2. The molecule has 0 spiro atoms. The van der Waals surface area contributed by atoms with E-state index in [0.29, 0.717) is 0 Å². The number of hydrogen-bond donors (Lipinski definition) is 0. The Morgan fingerprint density at radius 3 is 2.30 bits per heavy atom. The van der Waals surface area contributed by atoms with Crippen molar-refractivity contribution >= 4 is 11.8 Å². The SMILES string of the molecule is CC(SC1CCC1)C1CC1.